The van der Waals surface area contributed by atoms with E-state index >= 15 is 0 Å². The SMILES string of the molecule is CCOc1ccccc1OS(=O)[O-]. The molecule has 13 heavy (non-hydrogen) atoms. The third kappa shape index (κ3) is 3.04. The van der Waals surface area contributed by atoms with E-state index in [1.54, 1.807) is 18.2 Å². The molecule has 0 N–H and O–H groups in total. The van der Waals surface area contributed by atoms with Crippen molar-refractivity contribution < 1.29 is 17.7 Å². The van der Waals surface area contributed by atoms with Crippen molar-refractivity contribution in [3.05, 3.63) is 24.3 Å². The molecule has 0 saturated carbocycles. The molecule has 72 valence electrons. The van der Waals surface area contributed by atoms with E-state index in [1.165, 1.54) is 6.07 Å². The van der Waals surface area contributed by atoms with Gasteiger partial charge in [0.15, 0.2) is 11.5 Å². The Bertz CT molecular complexity index is 300. The molecule has 5 heteroatoms. The van der Waals surface area contributed by atoms with Crippen LogP contribution in [0.1, 0.15) is 6.92 Å². The van der Waals surface area contributed by atoms with Gasteiger partial charge in [0, 0.05) is 0 Å². The van der Waals surface area contributed by atoms with Gasteiger partial charge in [-0.1, -0.05) is 12.1 Å². The zero-order valence-electron chi connectivity index (χ0n) is 7.06. The molecule has 0 bridgehead atoms. The Kier molecular flexibility index (Phi) is 3.72. The number of para-hydroxylation sites is 2. The molecule has 0 aromatic heterocycles. The highest BCUT2D eigenvalue weighted by Gasteiger charge is 2.02. The van der Waals surface area contributed by atoms with Crippen molar-refractivity contribution in [2.75, 3.05) is 6.61 Å². The van der Waals surface area contributed by atoms with E-state index < -0.39 is 11.4 Å². The van der Waals surface area contributed by atoms with Gasteiger partial charge in [-0.15, -0.1) is 0 Å². The van der Waals surface area contributed by atoms with Crippen LogP contribution in [0.5, 0.6) is 11.5 Å². The highest BCUT2D eigenvalue weighted by Crippen LogP contribution is 2.26. The molecular formula is C8H9O4S-. The molecule has 0 fully saturated rings. The van der Waals surface area contributed by atoms with Gasteiger partial charge >= 0.3 is 0 Å². The Morgan fingerprint density at radius 3 is 2.54 bits per heavy atom. The van der Waals surface area contributed by atoms with E-state index in [1.807, 2.05) is 6.92 Å². The van der Waals surface area contributed by atoms with Crippen molar-refractivity contribution in [1.29, 1.82) is 0 Å². The van der Waals surface area contributed by atoms with Gasteiger partial charge in [0.1, 0.15) is 11.4 Å². The van der Waals surface area contributed by atoms with E-state index in [2.05, 4.69) is 4.18 Å². The maximum atomic E-state index is 10.2. The Labute approximate surface area is 79.0 Å². The molecule has 1 aromatic rings. The molecule has 1 unspecified atom stereocenters. The first-order valence-corrected chi connectivity index (χ1v) is 4.73. The van der Waals surface area contributed by atoms with Gasteiger partial charge in [0.25, 0.3) is 0 Å². The summed E-state index contributed by atoms with van der Waals surface area (Å²) in [5.41, 5.74) is 0. The monoisotopic (exact) mass is 201 g/mol. The van der Waals surface area contributed by atoms with Crippen molar-refractivity contribution in [3.63, 3.8) is 0 Å². The third-order valence-electron chi connectivity index (χ3n) is 1.31. The standard InChI is InChI=1S/C8H10O4S/c1-2-11-7-5-3-4-6-8(7)12-13(9)10/h3-6H,2H2,1H3,(H,9,10)/p-1. The van der Waals surface area contributed by atoms with E-state index in [0.717, 1.165) is 0 Å². The van der Waals surface area contributed by atoms with Gasteiger partial charge in [0.05, 0.1) is 6.61 Å². The minimum Gasteiger partial charge on any atom is -0.740 e. The molecular weight excluding hydrogens is 192 g/mol. The van der Waals surface area contributed by atoms with Crippen LogP contribution in [-0.2, 0) is 11.4 Å². The van der Waals surface area contributed by atoms with E-state index in [9.17, 15) is 8.76 Å². The highest BCUT2D eigenvalue weighted by molar-refractivity contribution is 7.74. The molecule has 1 aromatic carbocycles. The highest BCUT2D eigenvalue weighted by atomic mass is 32.2. The molecule has 0 saturated heterocycles. The van der Waals surface area contributed by atoms with Crippen LogP contribution in [0.2, 0.25) is 0 Å². The van der Waals surface area contributed by atoms with Crippen LogP contribution in [0.4, 0.5) is 0 Å². The second-order valence-electron chi connectivity index (χ2n) is 2.17. The largest absolute Gasteiger partial charge is 0.740 e. The topological polar surface area (TPSA) is 58.6 Å². The summed E-state index contributed by atoms with van der Waals surface area (Å²) in [6, 6.07) is 6.59. The molecule has 4 nitrogen and oxygen atoms in total. The van der Waals surface area contributed by atoms with Crippen LogP contribution in [0.3, 0.4) is 0 Å². The zero-order valence-corrected chi connectivity index (χ0v) is 7.87. The molecule has 1 atom stereocenters. The molecule has 0 amide bonds. The lowest BCUT2D eigenvalue weighted by molar-refractivity contribution is 0.325. The zero-order chi connectivity index (χ0) is 9.68. The third-order valence-corrected chi connectivity index (χ3v) is 1.62. The summed E-state index contributed by atoms with van der Waals surface area (Å²) in [6.07, 6.45) is 0. The van der Waals surface area contributed by atoms with Crippen molar-refractivity contribution in [3.8, 4) is 11.5 Å². The van der Waals surface area contributed by atoms with Crippen molar-refractivity contribution in [1.82, 2.24) is 0 Å². The molecule has 0 aliphatic rings. The molecule has 0 spiro atoms. The van der Waals surface area contributed by atoms with Gasteiger partial charge < -0.3 is 13.5 Å². The minimum atomic E-state index is -2.56. The quantitative estimate of drug-likeness (QED) is 0.688. The van der Waals surface area contributed by atoms with Crippen LogP contribution in [0.25, 0.3) is 0 Å². The lowest BCUT2D eigenvalue weighted by atomic mass is 10.3. The number of hydrogen-bond acceptors (Lipinski definition) is 4. The van der Waals surface area contributed by atoms with E-state index in [-0.39, 0.29) is 5.75 Å². The molecule has 0 heterocycles. The summed E-state index contributed by atoms with van der Waals surface area (Å²) in [6.45, 7) is 2.27. The van der Waals surface area contributed by atoms with Crippen LogP contribution >= 0.6 is 0 Å². The van der Waals surface area contributed by atoms with Crippen LogP contribution in [0.15, 0.2) is 24.3 Å². The van der Waals surface area contributed by atoms with Gasteiger partial charge in [-0.3, -0.25) is 0 Å². The summed E-state index contributed by atoms with van der Waals surface area (Å²) in [4.78, 5) is 0. The van der Waals surface area contributed by atoms with Crippen molar-refractivity contribution >= 4 is 11.4 Å². The van der Waals surface area contributed by atoms with Gasteiger partial charge in [0.2, 0.25) is 0 Å². The van der Waals surface area contributed by atoms with Crippen molar-refractivity contribution in [2.24, 2.45) is 0 Å². The Morgan fingerprint density at radius 2 is 2.00 bits per heavy atom. The molecule has 0 aliphatic heterocycles. The Hall–Kier alpha value is -1.07. The number of benzene rings is 1. The summed E-state index contributed by atoms with van der Waals surface area (Å²) in [7, 11) is 0. The summed E-state index contributed by atoms with van der Waals surface area (Å²) < 4.78 is 30.1. The van der Waals surface area contributed by atoms with E-state index in [0.29, 0.717) is 12.4 Å². The fraction of sp³-hybridized carbons (Fsp3) is 0.250. The number of rotatable bonds is 4. The summed E-state index contributed by atoms with van der Waals surface area (Å²) in [5, 5.41) is 0. The van der Waals surface area contributed by atoms with Crippen molar-refractivity contribution in [2.45, 2.75) is 6.92 Å². The van der Waals surface area contributed by atoms with Gasteiger partial charge in [-0.2, -0.15) is 0 Å². The maximum Gasteiger partial charge on any atom is 0.181 e. The lowest BCUT2D eigenvalue weighted by Crippen LogP contribution is -2.01. The average molecular weight is 201 g/mol. The Morgan fingerprint density at radius 1 is 1.38 bits per heavy atom. The summed E-state index contributed by atoms with van der Waals surface area (Å²) >= 11 is -2.56. The Balaban J connectivity index is 2.84. The predicted molar refractivity (Wildman–Crippen MR) is 47.2 cm³/mol. The second-order valence-corrected chi connectivity index (χ2v) is 2.74. The number of hydrogen-bond donors (Lipinski definition) is 0. The number of ether oxygens (including phenoxy) is 1. The van der Waals surface area contributed by atoms with Crippen LogP contribution < -0.4 is 8.92 Å². The molecule has 0 radical (unpaired) electrons. The second kappa shape index (κ2) is 4.84. The van der Waals surface area contributed by atoms with Gasteiger partial charge in [-0.25, -0.2) is 4.21 Å². The first-order valence-electron chi connectivity index (χ1n) is 3.73. The van der Waals surface area contributed by atoms with Crippen LogP contribution in [0, 0.1) is 0 Å². The first kappa shape index (κ1) is 10.0. The van der Waals surface area contributed by atoms with Crippen LogP contribution in [-0.4, -0.2) is 15.4 Å². The van der Waals surface area contributed by atoms with Gasteiger partial charge in [-0.05, 0) is 19.1 Å². The minimum absolute atomic E-state index is 0.206. The lowest BCUT2D eigenvalue weighted by Gasteiger charge is -2.11. The fourth-order valence-electron chi connectivity index (χ4n) is 0.867. The van der Waals surface area contributed by atoms with E-state index in [4.69, 9.17) is 4.74 Å². The molecule has 1 rings (SSSR count). The fourth-order valence-corrected chi connectivity index (χ4v) is 1.15. The first-order chi connectivity index (χ1) is 6.24. The smallest absolute Gasteiger partial charge is 0.181 e. The predicted octanol–water partition coefficient (Wildman–Crippen LogP) is 1.26. The molecule has 0 aliphatic carbocycles. The normalized spacial score (nSPS) is 12.2. The maximum absolute atomic E-state index is 10.2. The average Bonchev–Trinajstić information content (AvgIpc) is 2.08. The summed E-state index contributed by atoms with van der Waals surface area (Å²) in [5.74, 6) is 0.631.